The molecule has 0 bridgehead atoms. The van der Waals surface area contributed by atoms with Crippen molar-refractivity contribution in [3.8, 4) is 11.4 Å². The molecule has 0 aliphatic heterocycles. The van der Waals surface area contributed by atoms with Crippen molar-refractivity contribution >= 4 is 0 Å². The Labute approximate surface area is 105 Å². The highest BCUT2D eigenvalue weighted by Crippen LogP contribution is 2.21. The number of aryl methyl sites for hydroxylation is 1. The highest BCUT2D eigenvalue weighted by Gasteiger charge is 2.15. The number of likely N-dealkylation sites (N-methyl/N-ethyl adjacent to an activating group) is 1. The van der Waals surface area contributed by atoms with E-state index < -0.39 is 0 Å². The number of ether oxygens (including phenoxy) is 1. The Morgan fingerprint density at radius 2 is 2.33 bits per heavy atom. The van der Waals surface area contributed by atoms with Crippen LogP contribution >= 0.6 is 0 Å². The Kier molecular flexibility index (Phi) is 4.11. The topological polar surface area (TPSA) is 73.3 Å². The standard InChI is InChI=1S/C12H17N3O3/c1-8-10(4-5-17-8)12-14-11(18-15-12)6-9(13-2)7-16-3/h4-5,9,13H,6-7H2,1-3H3. The van der Waals surface area contributed by atoms with E-state index in [9.17, 15) is 0 Å². The average Bonchev–Trinajstić information content (AvgIpc) is 2.97. The lowest BCUT2D eigenvalue weighted by molar-refractivity contribution is 0.165. The first-order valence-electron chi connectivity index (χ1n) is 5.78. The molecule has 2 aromatic heterocycles. The zero-order chi connectivity index (χ0) is 13.0. The van der Waals surface area contributed by atoms with E-state index in [0.717, 1.165) is 11.3 Å². The molecule has 0 fully saturated rings. The molecule has 6 nitrogen and oxygen atoms in total. The molecule has 0 aromatic carbocycles. The number of hydrogen-bond acceptors (Lipinski definition) is 6. The first-order chi connectivity index (χ1) is 8.74. The van der Waals surface area contributed by atoms with Gasteiger partial charge in [-0.2, -0.15) is 4.98 Å². The first kappa shape index (κ1) is 12.8. The van der Waals surface area contributed by atoms with Crippen molar-refractivity contribution in [2.24, 2.45) is 0 Å². The molecule has 0 aliphatic carbocycles. The van der Waals surface area contributed by atoms with Crippen LogP contribution in [-0.2, 0) is 11.2 Å². The van der Waals surface area contributed by atoms with Gasteiger partial charge in [-0.1, -0.05) is 5.16 Å². The van der Waals surface area contributed by atoms with E-state index in [-0.39, 0.29) is 6.04 Å². The van der Waals surface area contributed by atoms with E-state index in [4.69, 9.17) is 13.7 Å². The fourth-order valence-electron chi connectivity index (χ4n) is 1.72. The van der Waals surface area contributed by atoms with Gasteiger partial charge in [0.1, 0.15) is 5.76 Å². The van der Waals surface area contributed by atoms with Crippen molar-refractivity contribution in [2.45, 2.75) is 19.4 Å². The Balaban J connectivity index is 2.09. The molecule has 2 heterocycles. The normalized spacial score (nSPS) is 12.8. The molecule has 1 unspecified atom stereocenters. The van der Waals surface area contributed by atoms with Crippen molar-refractivity contribution in [3.63, 3.8) is 0 Å². The quantitative estimate of drug-likeness (QED) is 0.837. The maximum Gasteiger partial charge on any atom is 0.228 e. The molecule has 0 radical (unpaired) electrons. The summed E-state index contributed by atoms with van der Waals surface area (Å²) in [5, 5.41) is 7.09. The van der Waals surface area contributed by atoms with Crippen LogP contribution in [0.15, 0.2) is 21.3 Å². The maximum atomic E-state index is 5.22. The van der Waals surface area contributed by atoms with Crippen LogP contribution in [0, 0.1) is 6.92 Å². The molecular formula is C12H17N3O3. The summed E-state index contributed by atoms with van der Waals surface area (Å²) in [6, 6.07) is 1.99. The number of furan rings is 1. The third kappa shape index (κ3) is 2.77. The van der Waals surface area contributed by atoms with Crippen molar-refractivity contribution in [3.05, 3.63) is 24.0 Å². The SMILES string of the molecule is CNC(COC)Cc1nc(-c2ccoc2C)no1. The minimum Gasteiger partial charge on any atom is -0.469 e. The Morgan fingerprint density at radius 1 is 1.50 bits per heavy atom. The second-order valence-electron chi connectivity index (χ2n) is 4.05. The minimum absolute atomic E-state index is 0.161. The predicted molar refractivity (Wildman–Crippen MR) is 65.2 cm³/mol. The van der Waals surface area contributed by atoms with Crippen molar-refractivity contribution in [1.29, 1.82) is 0 Å². The summed E-state index contributed by atoms with van der Waals surface area (Å²) in [4.78, 5) is 4.35. The summed E-state index contributed by atoms with van der Waals surface area (Å²) in [6.45, 7) is 2.46. The van der Waals surface area contributed by atoms with E-state index in [2.05, 4.69) is 15.5 Å². The molecule has 98 valence electrons. The third-order valence-corrected chi connectivity index (χ3v) is 2.76. The van der Waals surface area contributed by atoms with Gasteiger partial charge in [0.25, 0.3) is 0 Å². The second-order valence-corrected chi connectivity index (χ2v) is 4.05. The zero-order valence-corrected chi connectivity index (χ0v) is 10.8. The van der Waals surface area contributed by atoms with Gasteiger partial charge in [-0.25, -0.2) is 0 Å². The highest BCUT2D eigenvalue weighted by atomic mass is 16.5. The van der Waals surface area contributed by atoms with Crippen LogP contribution in [0.2, 0.25) is 0 Å². The molecule has 18 heavy (non-hydrogen) atoms. The van der Waals surface area contributed by atoms with E-state index in [0.29, 0.717) is 24.7 Å². The largest absolute Gasteiger partial charge is 0.469 e. The lowest BCUT2D eigenvalue weighted by Crippen LogP contribution is -2.32. The van der Waals surface area contributed by atoms with Gasteiger partial charge in [-0.3, -0.25) is 0 Å². The van der Waals surface area contributed by atoms with Crippen LogP contribution in [0.3, 0.4) is 0 Å². The van der Waals surface area contributed by atoms with Crippen LogP contribution in [0.5, 0.6) is 0 Å². The fraction of sp³-hybridized carbons (Fsp3) is 0.500. The summed E-state index contributed by atoms with van der Waals surface area (Å²) in [5.74, 6) is 1.93. The third-order valence-electron chi connectivity index (χ3n) is 2.76. The van der Waals surface area contributed by atoms with Crippen LogP contribution in [-0.4, -0.2) is 36.9 Å². The molecule has 0 aliphatic rings. The average molecular weight is 251 g/mol. The van der Waals surface area contributed by atoms with Gasteiger partial charge in [0, 0.05) is 19.6 Å². The van der Waals surface area contributed by atoms with Gasteiger partial charge in [-0.05, 0) is 20.0 Å². The van der Waals surface area contributed by atoms with Gasteiger partial charge in [-0.15, -0.1) is 0 Å². The monoisotopic (exact) mass is 251 g/mol. The van der Waals surface area contributed by atoms with Gasteiger partial charge in [0.15, 0.2) is 0 Å². The van der Waals surface area contributed by atoms with Crippen LogP contribution in [0.1, 0.15) is 11.7 Å². The number of rotatable bonds is 6. The lowest BCUT2D eigenvalue weighted by atomic mass is 10.2. The van der Waals surface area contributed by atoms with Crippen LogP contribution in [0.25, 0.3) is 11.4 Å². The minimum atomic E-state index is 0.161. The molecule has 2 rings (SSSR count). The molecule has 0 saturated carbocycles. The molecule has 1 N–H and O–H groups in total. The lowest BCUT2D eigenvalue weighted by Gasteiger charge is -2.11. The number of aromatic nitrogens is 2. The molecule has 2 aromatic rings. The van der Waals surface area contributed by atoms with Gasteiger partial charge in [0.2, 0.25) is 11.7 Å². The summed E-state index contributed by atoms with van der Waals surface area (Å²) in [6.07, 6.45) is 2.25. The van der Waals surface area contributed by atoms with Gasteiger partial charge < -0.3 is 19.0 Å². The van der Waals surface area contributed by atoms with Gasteiger partial charge in [0.05, 0.1) is 18.4 Å². The van der Waals surface area contributed by atoms with Crippen molar-refractivity contribution in [2.75, 3.05) is 20.8 Å². The predicted octanol–water partition coefficient (Wildman–Crippen LogP) is 1.41. The van der Waals surface area contributed by atoms with Gasteiger partial charge >= 0.3 is 0 Å². The number of hydrogen-bond donors (Lipinski definition) is 1. The summed E-state index contributed by atoms with van der Waals surface area (Å²) >= 11 is 0. The molecule has 6 heteroatoms. The van der Waals surface area contributed by atoms with Crippen LogP contribution in [0.4, 0.5) is 0 Å². The smallest absolute Gasteiger partial charge is 0.228 e. The van der Waals surface area contributed by atoms with Crippen LogP contribution < -0.4 is 5.32 Å². The van der Waals surface area contributed by atoms with Crippen molar-refractivity contribution < 1.29 is 13.7 Å². The second kappa shape index (κ2) is 5.79. The number of methoxy groups -OCH3 is 1. The molecular weight excluding hydrogens is 234 g/mol. The van der Waals surface area contributed by atoms with E-state index in [1.54, 1.807) is 13.4 Å². The first-order valence-corrected chi connectivity index (χ1v) is 5.78. The number of nitrogens with zero attached hydrogens (tertiary/aromatic N) is 2. The Bertz CT molecular complexity index is 492. The Morgan fingerprint density at radius 3 is 2.94 bits per heavy atom. The van der Waals surface area contributed by atoms with Crippen molar-refractivity contribution in [1.82, 2.24) is 15.5 Å². The summed E-state index contributed by atoms with van der Waals surface area (Å²) in [7, 11) is 3.54. The molecule has 0 spiro atoms. The Hall–Kier alpha value is -1.66. The maximum absolute atomic E-state index is 5.22. The molecule has 0 amide bonds. The van der Waals surface area contributed by atoms with E-state index >= 15 is 0 Å². The fourth-order valence-corrected chi connectivity index (χ4v) is 1.72. The highest BCUT2D eigenvalue weighted by molar-refractivity contribution is 5.56. The zero-order valence-electron chi connectivity index (χ0n) is 10.8. The number of nitrogens with one attached hydrogen (secondary N) is 1. The van der Waals surface area contributed by atoms with E-state index in [1.807, 2.05) is 20.0 Å². The summed E-state index contributed by atoms with van der Waals surface area (Å²) in [5.41, 5.74) is 0.859. The molecule has 0 saturated heterocycles. The molecule has 1 atom stereocenters. The van der Waals surface area contributed by atoms with E-state index in [1.165, 1.54) is 0 Å². The summed E-state index contributed by atoms with van der Waals surface area (Å²) < 4.78 is 15.5.